The van der Waals surface area contributed by atoms with Crippen molar-refractivity contribution in [1.29, 1.82) is 0 Å². The molecule has 0 saturated carbocycles. The molecule has 0 aliphatic carbocycles. The molecule has 1 heterocycles. The molecule has 0 atom stereocenters. The summed E-state index contributed by atoms with van der Waals surface area (Å²) >= 11 is 0. The SMILES string of the molecule is CC(=O)c1nc(CCC(C)C)no1. The second-order valence-electron chi connectivity index (χ2n) is 3.50. The van der Waals surface area contributed by atoms with Crippen molar-refractivity contribution in [1.82, 2.24) is 10.1 Å². The summed E-state index contributed by atoms with van der Waals surface area (Å²) in [6.07, 6.45) is 1.78. The third-order valence-electron chi connectivity index (χ3n) is 1.71. The number of carbonyl (C=O) groups is 1. The topological polar surface area (TPSA) is 56.0 Å². The van der Waals surface area contributed by atoms with Gasteiger partial charge in [0.25, 0.3) is 5.89 Å². The summed E-state index contributed by atoms with van der Waals surface area (Å²) in [6.45, 7) is 5.68. The molecule has 0 N–H and O–H groups in total. The summed E-state index contributed by atoms with van der Waals surface area (Å²) in [7, 11) is 0. The minimum atomic E-state index is -0.178. The number of hydrogen-bond donors (Lipinski definition) is 0. The number of aryl methyl sites for hydroxylation is 1. The number of aromatic nitrogens is 2. The molecule has 4 heteroatoms. The average molecular weight is 182 g/mol. The van der Waals surface area contributed by atoms with Crippen molar-refractivity contribution < 1.29 is 9.32 Å². The average Bonchev–Trinajstić information content (AvgIpc) is 2.48. The zero-order valence-corrected chi connectivity index (χ0v) is 8.20. The van der Waals surface area contributed by atoms with Crippen LogP contribution in [0.5, 0.6) is 0 Å². The number of hydrogen-bond acceptors (Lipinski definition) is 4. The van der Waals surface area contributed by atoms with Crippen LogP contribution in [0.25, 0.3) is 0 Å². The Bertz CT molecular complexity index is 292. The van der Waals surface area contributed by atoms with Gasteiger partial charge in [-0.25, -0.2) is 0 Å². The van der Waals surface area contributed by atoms with Gasteiger partial charge in [0.15, 0.2) is 5.82 Å². The van der Waals surface area contributed by atoms with Crippen LogP contribution in [0.4, 0.5) is 0 Å². The summed E-state index contributed by atoms with van der Waals surface area (Å²) in [5, 5.41) is 3.70. The van der Waals surface area contributed by atoms with Gasteiger partial charge < -0.3 is 4.52 Å². The fraction of sp³-hybridized carbons (Fsp3) is 0.667. The van der Waals surface area contributed by atoms with Crippen LogP contribution in [0.15, 0.2) is 4.52 Å². The summed E-state index contributed by atoms with van der Waals surface area (Å²) in [6, 6.07) is 0. The molecule has 0 spiro atoms. The highest BCUT2D eigenvalue weighted by Crippen LogP contribution is 2.06. The molecule has 1 rings (SSSR count). The van der Waals surface area contributed by atoms with Crippen molar-refractivity contribution in [3.8, 4) is 0 Å². The molecule has 1 aromatic rings. The Balaban J connectivity index is 2.54. The quantitative estimate of drug-likeness (QED) is 0.667. The van der Waals surface area contributed by atoms with Crippen LogP contribution in [0.3, 0.4) is 0 Å². The highest BCUT2D eigenvalue weighted by molar-refractivity contribution is 5.89. The Morgan fingerprint density at radius 3 is 2.69 bits per heavy atom. The molecule has 0 aliphatic heterocycles. The second-order valence-corrected chi connectivity index (χ2v) is 3.50. The van der Waals surface area contributed by atoms with Crippen LogP contribution in [0.1, 0.15) is 43.7 Å². The Hall–Kier alpha value is -1.19. The van der Waals surface area contributed by atoms with Crippen molar-refractivity contribution in [2.24, 2.45) is 5.92 Å². The molecule has 13 heavy (non-hydrogen) atoms. The van der Waals surface area contributed by atoms with E-state index in [1.807, 2.05) is 0 Å². The van der Waals surface area contributed by atoms with Crippen LogP contribution in [-0.2, 0) is 6.42 Å². The Morgan fingerprint density at radius 2 is 2.23 bits per heavy atom. The van der Waals surface area contributed by atoms with Crippen LogP contribution in [-0.4, -0.2) is 15.9 Å². The standard InChI is InChI=1S/C9H14N2O2/c1-6(2)4-5-8-10-9(7(3)12)13-11-8/h6H,4-5H2,1-3H3. The normalized spacial score (nSPS) is 10.8. The maximum absolute atomic E-state index is 10.8. The molecule has 0 radical (unpaired) electrons. The molecular weight excluding hydrogens is 168 g/mol. The zero-order chi connectivity index (χ0) is 9.84. The van der Waals surface area contributed by atoms with E-state index in [0.717, 1.165) is 12.8 Å². The first-order valence-corrected chi connectivity index (χ1v) is 4.43. The van der Waals surface area contributed by atoms with Gasteiger partial charge in [-0.15, -0.1) is 0 Å². The minimum Gasteiger partial charge on any atom is -0.331 e. The van der Waals surface area contributed by atoms with E-state index in [-0.39, 0.29) is 11.7 Å². The summed E-state index contributed by atoms with van der Waals surface area (Å²) < 4.78 is 4.75. The van der Waals surface area contributed by atoms with Crippen molar-refractivity contribution in [2.45, 2.75) is 33.6 Å². The second kappa shape index (κ2) is 4.16. The van der Waals surface area contributed by atoms with E-state index in [1.54, 1.807) is 0 Å². The number of Topliss-reactive ketones (excluding diaryl/α,β-unsaturated/α-hetero) is 1. The van der Waals surface area contributed by atoms with Gasteiger partial charge in [-0.3, -0.25) is 4.79 Å². The molecule has 1 aromatic heterocycles. The van der Waals surface area contributed by atoms with Gasteiger partial charge in [-0.1, -0.05) is 19.0 Å². The van der Waals surface area contributed by atoms with Crippen LogP contribution < -0.4 is 0 Å². The molecule has 0 unspecified atom stereocenters. The first kappa shape index (κ1) is 9.89. The number of nitrogens with zero attached hydrogens (tertiary/aromatic N) is 2. The van der Waals surface area contributed by atoms with Crippen molar-refractivity contribution >= 4 is 5.78 Å². The van der Waals surface area contributed by atoms with Crippen LogP contribution >= 0.6 is 0 Å². The summed E-state index contributed by atoms with van der Waals surface area (Å²) in [5.41, 5.74) is 0. The van der Waals surface area contributed by atoms with Crippen molar-refractivity contribution in [3.63, 3.8) is 0 Å². The summed E-state index contributed by atoms with van der Waals surface area (Å²) in [4.78, 5) is 14.8. The molecular formula is C9H14N2O2. The van der Waals surface area contributed by atoms with Crippen LogP contribution in [0, 0.1) is 5.92 Å². The van der Waals surface area contributed by atoms with Gasteiger partial charge in [-0.2, -0.15) is 4.98 Å². The van der Waals surface area contributed by atoms with E-state index in [1.165, 1.54) is 6.92 Å². The molecule has 4 nitrogen and oxygen atoms in total. The lowest BCUT2D eigenvalue weighted by Gasteiger charge is -1.98. The third kappa shape index (κ3) is 2.97. The highest BCUT2D eigenvalue weighted by atomic mass is 16.5. The smallest absolute Gasteiger partial charge is 0.293 e. The molecule has 0 saturated heterocycles. The molecule has 72 valence electrons. The maximum atomic E-state index is 10.8. The fourth-order valence-electron chi connectivity index (χ4n) is 0.916. The monoisotopic (exact) mass is 182 g/mol. The Kier molecular flexibility index (Phi) is 3.17. The number of ketones is 1. The molecule has 0 aliphatic rings. The van der Waals surface area contributed by atoms with Crippen LogP contribution in [0.2, 0.25) is 0 Å². The first-order valence-electron chi connectivity index (χ1n) is 4.43. The van der Waals surface area contributed by atoms with E-state index in [9.17, 15) is 4.79 Å². The summed E-state index contributed by atoms with van der Waals surface area (Å²) in [5.74, 6) is 1.17. The minimum absolute atomic E-state index is 0.110. The largest absolute Gasteiger partial charge is 0.331 e. The molecule has 0 aromatic carbocycles. The van der Waals surface area contributed by atoms with Gasteiger partial charge in [0, 0.05) is 13.3 Å². The maximum Gasteiger partial charge on any atom is 0.293 e. The predicted molar refractivity (Wildman–Crippen MR) is 47.5 cm³/mol. The first-order chi connectivity index (χ1) is 6.09. The Labute approximate surface area is 77.3 Å². The predicted octanol–water partition coefficient (Wildman–Crippen LogP) is 1.86. The van der Waals surface area contributed by atoms with Gasteiger partial charge >= 0.3 is 0 Å². The number of carbonyl (C=O) groups excluding carboxylic acids is 1. The van der Waals surface area contributed by atoms with E-state index >= 15 is 0 Å². The zero-order valence-electron chi connectivity index (χ0n) is 8.20. The molecule has 0 fully saturated rings. The van der Waals surface area contributed by atoms with E-state index in [4.69, 9.17) is 4.52 Å². The highest BCUT2D eigenvalue weighted by Gasteiger charge is 2.10. The van der Waals surface area contributed by atoms with E-state index in [0.29, 0.717) is 11.7 Å². The Morgan fingerprint density at radius 1 is 1.54 bits per heavy atom. The van der Waals surface area contributed by atoms with Gasteiger partial charge in [0.2, 0.25) is 5.78 Å². The van der Waals surface area contributed by atoms with Gasteiger partial charge in [-0.05, 0) is 12.3 Å². The van der Waals surface area contributed by atoms with E-state index < -0.39 is 0 Å². The molecule has 0 amide bonds. The van der Waals surface area contributed by atoms with Gasteiger partial charge in [0.05, 0.1) is 0 Å². The van der Waals surface area contributed by atoms with E-state index in [2.05, 4.69) is 24.0 Å². The molecule has 0 bridgehead atoms. The van der Waals surface area contributed by atoms with Gasteiger partial charge in [0.1, 0.15) is 0 Å². The third-order valence-corrected chi connectivity index (χ3v) is 1.71. The lowest BCUT2D eigenvalue weighted by molar-refractivity contribution is 0.0972. The lowest BCUT2D eigenvalue weighted by Crippen LogP contribution is -1.96. The van der Waals surface area contributed by atoms with Crippen molar-refractivity contribution in [3.05, 3.63) is 11.7 Å². The fourth-order valence-corrected chi connectivity index (χ4v) is 0.916. The van der Waals surface area contributed by atoms with Crippen molar-refractivity contribution in [2.75, 3.05) is 0 Å². The number of rotatable bonds is 4. The lowest BCUT2D eigenvalue weighted by atomic mass is 10.1.